The van der Waals surface area contributed by atoms with E-state index in [-0.39, 0.29) is 29.1 Å². The van der Waals surface area contributed by atoms with E-state index in [1.807, 2.05) is 10.3 Å². The van der Waals surface area contributed by atoms with E-state index in [9.17, 15) is 23.9 Å². The van der Waals surface area contributed by atoms with Crippen LogP contribution < -0.4 is 10.2 Å². The second-order valence-corrected chi connectivity index (χ2v) is 11.9. The number of halogens is 2. The number of amidine groups is 1. The summed E-state index contributed by atoms with van der Waals surface area (Å²) >= 11 is 7.84. The van der Waals surface area contributed by atoms with Crippen molar-refractivity contribution in [3.8, 4) is 0 Å². The van der Waals surface area contributed by atoms with Crippen molar-refractivity contribution in [1.29, 1.82) is 0 Å². The van der Waals surface area contributed by atoms with Gasteiger partial charge in [-0.3, -0.25) is 19.6 Å². The fraction of sp³-hybridized carbons (Fsp3) is 0.300. The standard InChI is InChI=1S/C30H28ClFN6O5S/c1-43-29(41)25-23(34-27(28-33-7-10-44-28)35-26(25)21-6-5-18(32)13-22(21)31)16-36-8-9-37-20(14-36)15-38(30(37)42)19-4-2-3-17(11-19)12-24(39)40/h2-7,10-11,13,20,26H,8-9,12,14-16H2,1H3,(H,34,35)(H,39,40). The Morgan fingerprint density at radius 2 is 2.05 bits per heavy atom. The molecule has 2 aromatic carbocycles. The van der Waals surface area contributed by atoms with Crippen LogP contribution in [0.4, 0.5) is 14.9 Å². The van der Waals surface area contributed by atoms with Gasteiger partial charge in [-0.25, -0.2) is 19.0 Å². The number of aromatic nitrogens is 1. The Bertz CT molecular complexity index is 1680. The molecule has 2 saturated heterocycles. The van der Waals surface area contributed by atoms with Crippen LogP contribution in [0.1, 0.15) is 22.2 Å². The van der Waals surface area contributed by atoms with Crippen LogP contribution >= 0.6 is 22.9 Å². The van der Waals surface area contributed by atoms with Crippen molar-refractivity contribution in [2.24, 2.45) is 4.99 Å². The van der Waals surface area contributed by atoms with E-state index in [0.29, 0.717) is 66.1 Å². The number of esters is 1. The number of ether oxygens (including phenoxy) is 1. The Hall–Kier alpha value is -4.33. The highest BCUT2D eigenvalue weighted by Gasteiger charge is 2.42. The molecule has 0 spiro atoms. The molecular formula is C30H28ClFN6O5S. The zero-order chi connectivity index (χ0) is 31.0. The number of carboxylic acids is 1. The summed E-state index contributed by atoms with van der Waals surface area (Å²) in [5, 5.41) is 15.1. The molecule has 44 heavy (non-hydrogen) atoms. The highest BCUT2D eigenvalue weighted by atomic mass is 35.5. The van der Waals surface area contributed by atoms with Crippen molar-refractivity contribution < 1.29 is 28.6 Å². The summed E-state index contributed by atoms with van der Waals surface area (Å²) in [5.74, 6) is -1.59. The van der Waals surface area contributed by atoms with Gasteiger partial charge in [0.15, 0.2) is 10.8 Å². The minimum absolute atomic E-state index is 0.125. The monoisotopic (exact) mass is 638 g/mol. The molecule has 0 saturated carbocycles. The summed E-state index contributed by atoms with van der Waals surface area (Å²) in [4.78, 5) is 52.6. The first kappa shape index (κ1) is 29.7. The van der Waals surface area contributed by atoms with Gasteiger partial charge in [0.2, 0.25) is 0 Å². The number of methoxy groups -OCH3 is 1. The number of benzene rings is 2. The number of carbonyl (C=O) groups is 3. The van der Waals surface area contributed by atoms with Gasteiger partial charge in [-0.2, -0.15) is 0 Å². The molecule has 228 valence electrons. The van der Waals surface area contributed by atoms with Crippen LogP contribution in [0.2, 0.25) is 5.02 Å². The van der Waals surface area contributed by atoms with Gasteiger partial charge in [0, 0.05) is 66.3 Å². The van der Waals surface area contributed by atoms with Gasteiger partial charge < -0.3 is 20.1 Å². The first-order valence-electron chi connectivity index (χ1n) is 13.8. The van der Waals surface area contributed by atoms with E-state index in [2.05, 4.69) is 15.2 Å². The lowest BCUT2D eigenvalue weighted by Gasteiger charge is -2.38. The van der Waals surface area contributed by atoms with Gasteiger partial charge in [0.05, 0.1) is 25.1 Å². The van der Waals surface area contributed by atoms with Crippen LogP contribution in [-0.2, 0) is 20.7 Å². The lowest BCUT2D eigenvalue weighted by atomic mass is 9.95. The minimum atomic E-state index is -0.938. The second kappa shape index (κ2) is 12.3. The topological polar surface area (TPSA) is 128 Å². The molecule has 3 aromatic rings. The van der Waals surface area contributed by atoms with E-state index >= 15 is 0 Å². The number of anilines is 1. The quantitative estimate of drug-likeness (QED) is 0.358. The van der Waals surface area contributed by atoms with Crippen molar-refractivity contribution >= 4 is 52.4 Å². The lowest BCUT2D eigenvalue weighted by Crippen LogP contribution is -2.53. The van der Waals surface area contributed by atoms with Gasteiger partial charge in [-0.05, 0) is 29.8 Å². The number of rotatable bonds is 8. The number of piperazine rings is 1. The average Bonchev–Trinajstić information content (AvgIpc) is 3.65. The number of fused-ring (bicyclic) bond motifs is 1. The van der Waals surface area contributed by atoms with Crippen LogP contribution in [0.15, 0.2) is 70.3 Å². The number of thiazole rings is 1. The van der Waals surface area contributed by atoms with Crippen molar-refractivity contribution in [2.75, 3.05) is 44.7 Å². The van der Waals surface area contributed by atoms with E-state index in [1.54, 1.807) is 35.4 Å². The number of hydrogen-bond donors (Lipinski definition) is 2. The number of carboxylic acid groups (broad SMARTS) is 1. The molecule has 2 N–H and O–H groups in total. The van der Waals surface area contributed by atoms with E-state index in [0.717, 1.165) is 0 Å². The SMILES string of the molecule is COC(=O)C1=C(CN2CCN3C(=O)N(c4cccc(CC(=O)O)c4)CC3C2)NC(c2nccs2)=NC1c1ccc(F)cc1Cl. The van der Waals surface area contributed by atoms with Gasteiger partial charge in [0.25, 0.3) is 0 Å². The van der Waals surface area contributed by atoms with Gasteiger partial charge in [0.1, 0.15) is 11.9 Å². The first-order chi connectivity index (χ1) is 21.2. The molecule has 0 aliphatic carbocycles. The Morgan fingerprint density at radius 1 is 1.20 bits per heavy atom. The molecule has 6 rings (SSSR count). The maximum absolute atomic E-state index is 14.0. The first-order valence-corrected chi connectivity index (χ1v) is 15.1. The molecule has 14 heteroatoms. The van der Waals surface area contributed by atoms with Gasteiger partial charge in [-0.15, -0.1) is 11.3 Å². The molecule has 2 amide bonds. The third-order valence-corrected chi connectivity index (χ3v) is 8.93. The zero-order valence-electron chi connectivity index (χ0n) is 23.6. The number of urea groups is 1. The zero-order valence-corrected chi connectivity index (χ0v) is 25.1. The smallest absolute Gasteiger partial charge is 0.338 e. The summed E-state index contributed by atoms with van der Waals surface area (Å²) in [6, 6.07) is 9.88. The van der Waals surface area contributed by atoms with Crippen molar-refractivity contribution in [2.45, 2.75) is 18.5 Å². The average molecular weight is 639 g/mol. The summed E-state index contributed by atoms with van der Waals surface area (Å²) in [5.41, 5.74) is 2.53. The maximum atomic E-state index is 14.0. The second-order valence-electron chi connectivity index (χ2n) is 10.6. The van der Waals surface area contributed by atoms with Gasteiger partial charge >= 0.3 is 18.0 Å². The molecule has 0 bridgehead atoms. The summed E-state index contributed by atoms with van der Waals surface area (Å²) in [6.07, 6.45) is 1.53. The molecule has 1 aromatic heterocycles. The molecule has 0 radical (unpaired) electrons. The number of carbonyl (C=O) groups excluding carboxylic acids is 2. The van der Waals surface area contributed by atoms with Crippen LogP contribution in [0, 0.1) is 5.82 Å². The third-order valence-electron chi connectivity index (χ3n) is 7.82. The fourth-order valence-corrected chi connectivity index (χ4v) is 6.69. The predicted molar refractivity (Wildman–Crippen MR) is 162 cm³/mol. The van der Waals surface area contributed by atoms with Crippen molar-refractivity contribution in [1.82, 2.24) is 20.1 Å². The Morgan fingerprint density at radius 3 is 2.77 bits per heavy atom. The number of amides is 2. The summed E-state index contributed by atoms with van der Waals surface area (Å²) < 4.78 is 19.1. The van der Waals surface area contributed by atoms with Crippen LogP contribution in [0.5, 0.6) is 0 Å². The maximum Gasteiger partial charge on any atom is 0.338 e. The van der Waals surface area contributed by atoms with E-state index in [4.69, 9.17) is 21.3 Å². The molecule has 3 aliphatic rings. The van der Waals surface area contributed by atoms with Gasteiger partial charge in [-0.1, -0.05) is 29.8 Å². The Kier molecular flexibility index (Phi) is 8.34. The summed E-state index contributed by atoms with van der Waals surface area (Å²) in [6.45, 7) is 2.29. The van der Waals surface area contributed by atoms with Crippen LogP contribution in [0.25, 0.3) is 0 Å². The molecule has 2 atom stereocenters. The Balaban J connectivity index is 1.28. The molecule has 2 fully saturated rings. The summed E-state index contributed by atoms with van der Waals surface area (Å²) in [7, 11) is 1.29. The normalized spacial score (nSPS) is 20.3. The predicted octanol–water partition coefficient (Wildman–Crippen LogP) is 3.71. The molecule has 11 nitrogen and oxygen atoms in total. The number of hydrogen-bond acceptors (Lipinski definition) is 9. The molecular weight excluding hydrogens is 611 g/mol. The Labute approximate surface area is 261 Å². The lowest BCUT2D eigenvalue weighted by molar-refractivity contribution is -0.137. The highest BCUT2D eigenvalue weighted by molar-refractivity contribution is 7.11. The van der Waals surface area contributed by atoms with Crippen LogP contribution in [-0.4, -0.2) is 89.6 Å². The third kappa shape index (κ3) is 5.90. The number of nitrogens with one attached hydrogen (secondary N) is 1. The molecule has 4 heterocycles. The minimum Gasteiger partial charge on any atom is -0.481 e. The fourth-order valence-electron chi connectivity index (χ4n) is 5.83. The highest BCUT2D eigenvalue weighted by Crippen LogP contribution is 2.37. The van der Waals surface area contributed by atoms with Crippen molar-refractivity contribution in [3.05, 3.63) is 92.3 Å². The molecule has 3 aliphatic heterocycles. The number of aliphatic carboxylic acids is 1. The van der Waals surface area contributed by atoms with Crippen molar-refractivity contribution in [3.63, 3.8) is 0 Å². The number of nitrogens with zero attached hydrogens (tertiary/aromatic N) is 5. The molecule has 2 unspecified atom stereocenters. The van der Waals surface area contributed by atoms with E-state index < -0.39 is 23.8 Å². The number of aliphatic imine (C=N–C) groups is 1. The largest absolute Gasteiger partial charge is 0.481 e. The van der Waals surface area contributed by atoms with E-state index in [1.165, 1.54) is 36.6 Å². The van der Waals surface area contributed by atoms with Crippen LogP contribution in [0.3, 0.4) is 0 Å².